The molecule has 1 rings (SSSR count). The molecule has 3 nitrogen and oxygen atoms in total. The van der Waals surface area contributed by atoms with Crippen LogP contribution in [0.2, 0.25) is 0 Å². The first-order valence-electron chi connectivity index (χ1n) is 6.93. The molecule has 2 unspecified atom stereocenters. The molecule has 0 aromatic heterocycles. The molecule has 1 saturated heterocycles. The van der Waals surface area contributed by atoms with Crippen LogP contribution in [0.25, 0.3) is 0 Å². The van der Waals surface area contributed by atoms with Gasteiger partial charge in [0.25, 0.3) is 0 Å². The van der Waals surface area contributed by atoms with Crippen molar-refractivity contribution in [3.8, 4) is 0 Å². The molecule has 0 aliphatic carbocycles. The molecule has 0 spiro atoms. The Kier molecular flexibility index (Phi) is 5.60. The van der Waals surface area contributed by atoms with Gasteiger partial charge in [0.2, 0.25) is 0 Å². The molecule has 100 valence electrons. The molecule has 0 aromatic carbocycles. The van der Waals surface area contributed by atoms with Crippen molar-refractivity contribution in [1.29, 1.82) is 0 Å². The van der Waals surface area contributed by atoms with Crippen LogP contribution in [0.15, 0.2) is 0 Å². The number of nitrogens with zero attached hydrogens (tertiary/aromatic N) is 2. The van der Waals surface area contributed by atoms with Gasteiger partial charge in [-0.05, 0) is 39.4 Å². The van der Waals surface area contributed by atoms with E-state index in [-0.39, 0.29) is 5.41 Å². The van der Waals surface area contributed by atoms with Gasteiger partial charge in [0.1, 0.15) is 6.29 Å². The molecule has 1 aliphatic heterocycles. The lowest BCUT2D eigenvalue weighted by Gasteiger charge is -2.35. The maximum atomic E-state index is 11.2. The Hall–Kier alpha value is -0.410. The minimum absolute atomic E-state index is 0.170. The standard InChI is InChI=1S/C14H28N2O/c1-5-13-10-15(4)8-7-9-16(13)11-14(3,6-2)12-17/h12-13H,5-11H2,1-4H3. The van der Waals surface area contributed by atoms with E-state index in [0.717, 1.165) is 32.3 Å². The van der Waals surface area contributed by atoms with Crippen molar-refractivity contribution in [2.24, 2.45) is 5.41 Å². The second-order valence-electron chi connectivity index (χ2n) is 5.77. The van der Waals surface area contributed by atoms with Crippen LogP contribution in [0, 0.1) is 5.41 Å². The van der Waals surface area contributed by atoms with E-state index in [0.29, 0.717) is 6.04 Å². The highest BCUT2D eigenvalue weighted by atomic mass is 16.1. The van der Waals surface area contributed by atoms with Gasteiger partial charge in [-0.3, -0.25) is 4.90 Å². The number of rotatable bonds is 5. The van der Waals surface area contributed by atoms with Gasteiger partial charge < -0.3 is 9.69 Å². The van der Waals surface area contributed by atoms with E-state index in [1.807, 2.05) is 0 Å². The lowest BCUT2D eigenvalue weighted by molar-refractivity contribution is -0.116. The van der Waals surface area contributed by atoms with Gasteiger partial charge in [0.15, 0.2) is 0 Å². The van der Waals surface area contributed by atoms with E-state index in [1.165, 1.54) is 19.4 Å². The number of likely N-dealkylation sites (N-methyl/N-ethyl adjacent to an activating group) is 1. The Bertz CT molecular complexity index is 244. The van der Waals surface area contributed by atoms with Crippen molar-refractivity contribution in [3.05, 3.63) is 0 Å². The van der Waals surface area contributed by atoms with Gasteiger partial charge in [-0.15, -0.1) is 0 Å². The summed E-state index contributed by atoms with van der Waals surface area (Å²) < 4.78 is 0. The van der Waals surface area contributed by atoms with Crippen LogP contribution < -0.4 is 0 Å². The van der Waals surface area contributed by atoms with Gasteiger partial charge in [-0.25, -0.2) is 0 Å². The van der Waals surface area contributed by atoms with Crippen molar-refractivity contribution in [1.82, 2.24) is 9.80 Å². The van der Waals surface area contributed by atoms with E-state index >= 15 is 0 Å². The third-order valence-corrected chi connectivity index (χ3v) is 4.15. The summed E-state index contributed by atoms with van der Waals surface area (Å²) in [6.45, 7) is 10.8. The fraction of sp³-hybridized carbons (Fsp3) is 0.929. The Morgan fingerprint density at radius 1 is 1.35 bits per heavy atom. The second kappa shape index (κ2) is 6.50. The van der Waals surface area contributed by atoms with Gasteiger partial charge in [-0.2, -0.15) is 0 Å². The minimum atomic E-state index is -0.170. The molecule has 1 aliphatic rings. The van der Waals surface area contributed by atoms with Crippen molar-refractivity contribution in [2.75, 3.05) is 33.2 Å². The van der Waals surface area contributed by atoms with E-state index < -0.39 is 0 Å². The highest BCUT2D eigenvalue weighted by Gasteiger charge is 2.29. The average molecular weight is 240 g/mol. The third kappa shape index (κ3) is 4.07. The van der Waals surface area contributed by atoms with Crippen LogP contribution in [-0.4, -0.2) is 55.4 Å². The average Bonchev–Trinajstić information content (AvgIpc) is 2.51. The predicted molar refractivity (Wildman–Crippen MR) is 72.2 cm³/mol. The quantitative estimate of drug-likeness (QED) is 0.687. The van der Waals surface area contributed by atoms with Crippen molar-refractivity contribution >= 4 is 6.29 Å². The Morgan fingerprint density at radius 2 is 2.06 bits per heavy atom. The summed E-state index contributed by atoms with van der Waals surface area (Å²) in [5.74, 6) is 0. The van der Waals surface area contributed by atoms with Crippen LogP contribution in [-0.2, 0) is 4.79 Å². The van der Waals surface area contributed by atoms with Crippen molar-refractivity contribution < 1.29 is 4.79 Å². The maximum absolute atomic E-state index is 11.2. The zero-order valence-electron chi connectivity index (χ0n) is 11.9. The zero-order chi connectivity index (χ0) is 12.9. The molecule has 0 radical (unpaired) electrons. The number of carbonyl (C=O) groups excluding carboxylic acids is 1. The molecule has 0 aromatic rings. The van der Waals surface area contributed by atoms with Crippen LogP contribution >= 0.6 is 0 Å². The van der Waals surface area contributed by atoms with Crippen LogP contribution in [0.5, 0.6) is 0 Å². The molecule has 0 N–H and O–H groups in total. The van der Waals surface area contributed by atoms with Crippen LogP contribution in [0.4, 0.5) is 0 Å². The third-order valence-electron chi connectivity index (χ3n) is 4.15. The summed E-state index contributed by atoms with van der Waals surface area (Å²) >= 11 is 0. The first-order valence-corrected chi connectivity index (χ1v) is 6.93. The highest BCUT2D eigenvalue weighted by Crippen LogP contribution is 2.23. The number of carbonyl (C=O) groups is 1. The molecule has 0 saturated carbocycles. The van der Waals surface area contributed by atoms with Gasteiger partial charge in [-0.1, -0.05) is 20.8 Å². The lowest BCUT2D eigenvalue weighted by Crippen LogP contribution is -2.45. The van der Waals surface area contributed by atoms with Crippen LogP contribution in [0.3, 0.4) is 0 Å². The molecular weight excluding hydrogens is 212 g/mol. The predicted octanol–water partition coefficient (Wildman–Crippen LogP) is 2.02. The van der Waals surface area contributed by atoms with E-state index in [2.05, 4.69) is 37.6 Å². The maximum Gasteiger partial charge on any atom is 0.127 e. The van der Waals surface area contributed by atoms with Gasteiger partial charge >= 0.3 is 0 Å². The number of hydrogen-bond acceptors (Lipinski definition) is 3. The summed E-state index contributed by atoms with van der Waals surface area (Å²) in [7, 11) is 2.20. The molecule has 1 fully saturated rings. The molecular formula is C14H28N2O. The van der Waals surface area contributed by atoms with E-state index in [9.17, 15) is 4.79 Å². The molecule has 2 atom stereocenters. The summed E-state index contributed by atoms with van der Waals surface area (Å²) in [5, 5.41) is 0. The molecule has 3 heteroatoms. The minimum Gasteiger partial charge on any atom is -0.305 e. The largest absolute Gasteiger partial charge is 0.305 e. The smallest absolute Gasteiger partial charge is 0.127 e. The Balaban J connectivity index is 2.69. The fourth-order valence-corrected chi connectivity index (χ4v) is 2.58. The fourth-order valence-electron chi connectivity index (χ4n) is 2.58. The SMILES string of the molecule is CCC1CN(C)CCCN1CC(C)(C=O)CC. The molecule has 0 amide bonds. The van der Waals surface area contributed by atoms with Crippen molar-refractivity contribution in [3.63, 3.8) is 0 Å². The number of hydrogen-bond donors (Lipinski definition) is 0. The topological polar surface area (TPSA) is 23.6 Å². The monoisotopic (exact) mass is 240 g/mol. The summed E-state index contributed by atoms with van der Waals surface area (Å²) in [5.41, 5.74) is -0.170. The summed E-state index contributed by atoms with van der Waals surface area (Å²) in [6.07, 6.45) is 4.46. The zero-order valence-corrected chi connectivity index (χ0v) is 11.9. The normalized spacial score (nSPS) is 27.4. The Labute approximate surface area is 106 Å². The number of aldehydes is 1. The first-order chi connectivity index (χ1) is 8.04. The van der Waals surface area contributed by atoms with Gasteiger partial charge in [0.05, 0.1) is 0 Å². The summed E-state index contributed by atoms with van der Waals surface area (Å²) in [6, 6.07) is 0.605. The first kappa shape index (κ1) is 14.7. The Morgan fingerprint density at radius 3 is 2.59 bits per heavy atom. The van der Waals surface area contributed by atoms with Gasteiger partial charge in [0, 0.05) is 24.5 Å². The molecule has 0 bridgehead atoms. The van der Waals surface area contributed by atoms with Crippen LogP contribution in [0.1, 0.15) is 40.0 Å². The van der Waals surface area contributed by atoms with E-state index in [4.69, 9.17) is 0 Å². The molecule has 1 heterocycles. The summed E-state index contributed by atoms with van der Waals surface area (Å²) in [4.78, 5) is 16.2. The lowest BCUT2D eigenvalue weighted by atomic mass is 9.88. The van der Waals surface area contributed by atoms with E-state index in [1.54, 1.807) is 0 Å². The highest BCUT2D eigenvalue weighted by molar-refractivity contribution is 5.58. The second-order valence-corrected chi connectivity index (χ2v) is 5.77. The van der Waals surface area contributed by atoms with Crippen molar-refractivity contribution in [2.45, 2.75) is 46.1 Å². The molecule has 17 heavy (non-hydrogen) atoms.